The molecule has 3 aromatic rings. The first-order chi connectivity index (χ1) is 15.6. The molecule has 0 bridgehead atoms. The number of carbonyl (C=O) groups excluding carboxylic acids is 1. The van der Waals surface area contributed by atoms with Gasteiger partial charge in [0.05, 0.1) is 0 Å². The van der Waals surface area contributed by atoms with E-state index >= 15 is 0 Å². The molecule has 0 atom stereocenters. The van der Waals surface area contributed by atoms with Gasteiger partial charge in [0.2, 0.25) is 5.91 Å². The van der Waals surface area contributed by atoms with Gasteiger partial charge in [-0.3, -0.25) is 9.69 Å². The second-order valence-electron chi connectivity index (χ2n) is 8.38. The first-order valence-electron chi connectivity index (χ1n) is 11.1. The Morgan fingerprint density at radius 3 is 2.53 bits per heavy atom. The van der Waals surface area contributed by atoms with E-state index in [9.17, 15) is 4.79 Å². The molecule has 1 fully saturated rings. The molecule has 2 aromatic carbocycles. The molecule has 1 saturated heterocycles. The van der Waals surface area contributed by atoms with Gasteiger partial charge in [-0.15, -0.1) is 11.3 Å². The molecule has 0 unspecified atom stereocenters. The van der Waals surface area contributed by atoms with Crippen LogP contribution in [-0.2, 0) is 16.1 Å². The smallest absolute Gasteiger partial charge is 0.248 e. The Kier molecular flexibility index (Phi) is 7.53. The Hall–Kier alpha value is -2.73. The Bertz CT molecular complexity index is 1050. The molecule has 1 N–H and O–H groups in total. The van der Waals surface area contributed by atoms with Gasteiger partial charge in [0, 0.05) is 42.4 Å². The monoisotopic (exact) mass is 446 g/mol. The number of benzene rings is 2. The molecule has 4 nitrogen and oxygen atoms in total. The van der Waals surface area contributed by atoms with E-state index in [1.807, 2.05) is 18.2 Å². The molecular weight excluding hydrogens is 416 g/mol. The minimum atomic E-state index is -0.123. The van der Waals surface area contributed by atoms with Crippen LogP contribution in [-0.4, -0.2) is 37.1 Å². The molecule has 1 aliphatic rings. The fourth-order valence-corrected chi connectivity index (χ4v) is 4.72. The molecule has 0 radical (unpaired) electrons. The minimum absolute atomic E-state index is 0.123. The number of anilines is 1. The van der Waals surface area contributed by atoms with Gasteiger partial charge in [-0.1, -0.05) is 42.0 Å². The lowest BCUT2D eigenvalue weighted by molar-refractivity contribution is -0.111. The van der Waals surface area contributed by atoms with Gasteiger partial charge in [0.1, 0.15) is 0 Å². The molecule has 1 aliphatic heterocycles. The van der Waals surface area contributed by atoms with Crippen LogP contribution in [0.15, 0.2) is 66.1 Å². The van der Waals surface area contributed by atoms with Crippen molar-refractivity contribution < 1.29 is 9.53 Å². The lowest BCUT2D eigenvalue weighted by atomic mass is 10.1. The molecule has 0 saturated carbocycles. The molecule has 5 heteroatoms. The number of hydrogen-bond acceptors (Lipinski definition) is 4. The summed E-state index contributed by atoms with van der Waals surface area (Å²) in [6.07, 6.45) is 5.65. The molecule has 2 heterocycles. The largest absolute Gasteiger partial charge is 0.381 e. The van der Waals surface area contributed by atoms with Gasteiger partial charge in [-0.05, 0) is 73.2 Å². The number of hydrogen-bond donors (Lipinski definition) is 1. The van der Waals surface area contributed by atoms with E-state index in [0.29, 0.717) is 6.04 Å². The molecule has 0 aliphatic carbocycles. The van der Waals surface area contributed by atoms with Gasteiger partial charge in [-0.25, -0.2) is 0 Å². The maximum absolute atomic E-state index is 12.4. The summed E-state index contributed by atoms with van der Waals surface area (Å²) in [6, 6.07) is 19.3. The number of nitrogens with zero attached hydrogens (tertiary/aromatic N) is 1. The maximum atomic E-state index is 12.4. The fraction of sp³-hybridized carbons (Fsp3) is 0.296. The summed E-state index contributed by atoms with van der Waals surface area (Å²) in [7, 11) is 2.17. The number of amides is 1. The zero-order chi connectivity index (χ0) is 22.3. The summed E-state index contributed by atoms with van der Waals surface area (Å²) >= 11 is 1.64. The van der Waals surface area contributed by atoms with Crippen molar-refractivity contribution in [3.8, 4) is 11.1 Å². The van der Waals surface area contributed by atoms with E-state index < -0.39 is 0 Å². The summed E-state index contributed by atoms with van der Waals surface area (Å²) in [5, 5.41) is 5.07. The molecule has 1 amide bonds. The average molecular weight is 447 g/mol. The molecule has 166 valence electrons. The normalized spacial score (nSPS) is 14.8. The van der Waals surface area contributed by atoms with Crippen LogP contribution in [0.3, 0.4) is 0 Å². The predicted octanol–water partition coefficient (Wildman–Crippen LogP) is 5.99. The Labute approximate surface area is 194 Å². The van der Waals surface area contributed by atoms with Crippen LogP contribution in [0.4, 0.5) is 5.69 Å². The highest BCUT2D eigenvalue weighted by atomic mass is 32.1. The van der Waals surface area contributed by atoms with Crippen molar-refractivity contribution in [2.24, 2.45) is 0 Å². The highest BCUT2D eigenvalue weighted by molar-refractivity contribution is 7.11. The third-order valence-electron chi connectivity index (χ3n) is 5.87. The van der Waals surface area contributed by atoms with Gasteiger partial charge < -0.3 is 10.1 Å². The van der Waals surface area contributed by atoms with Crippen LogP contribution in [0.2, 0.25) is 0 Å². The van der Waals surface area contributed by atoms with E-state index in [2.05, 4.69) is 72.0 Å². The number of rotatable bonds is 7. The van der Waals surface area contributed by atoms with Crippen LogP contribution in [0, 0.1) is 6.92 Å². The van der Waals surface area contributed by atoms with Crippen molar-refractivity contribution in [2.75, 3.05) is 25.6 Å². The van der Waals surface area contributed by atoms with Gasteiger partial charge >= 0.3 is 0 Å². The van der Waals surface area contributed by atoms with Crippen molar-refractivity contribution in [3.05, 3.63) is 82.1 Å². The van der Waals surface area contributed by atoms with Gasteiger partial charge in [0.25, 0.3) is 0 Å². The first kappa shape index (κ1) is 22.5. The lowest BCUT2D eigenvalue weighted by Crippen LogP contribution is -2.36. The van der Waals surface area contributed by atoms with E-state index in [1.54, 1.807) is 17.4 Å². The van der Waals surface area contributed by atoms with Crippen molar-refractivity contribution in [3.63, 3.8) is 0 Å². The van der Waals surface area contributed by atoms with Crippen LogP contribution in [0.5, 0.6) is 0 Å². The van der Waals surface area contributed by atoms with Crippen LogP contribution >= 0.6 is 11.3 Å². The van der Waals surface area contributed by atoms with Crippen molar-refractivity contribution in [1.82, 2.24) is 4.90 Å². The Morgan fingerprint density at radius 2 is 1.81 bits per heavy atom. The highest BCUT2D eigenvalue weighted by Gasteiger charge is 2.18. The van der Waals surface area contributed by atoms with Crippen LogP contribution in [0.1, 0.15) is 28.8 Å². The SMILES string of the molecule is Cc1ccc(-c2csc(/C=C/C(=O)Nc3ccc(CN(C)C4CCOCC4)cc3)c2)cc1. The average Bonchev–Trinajstić information content (AvgIpc) is 3.29. The van der Waals surface area contributed by atoms with E-state index in [1.165, 1.54) is 22.3 Å². The van der Waals surface area contributed by atoms with Crippen molar-refractivity contribution >= 4 is 29.0 Å². The first-order valence-corrected chi connectivity index (χ1v) is 12.0. The lowest BCUT2D eigenvalue weighted by Gasteiger charge is -2.31. The topological polar surface area (TPSA) is 41.6 Å². The summed E-state index contributed by atoms with van der Waals surface area (Å²) in [5.41, 5.74) is 5.67. The number of ether oxygens (including phenoxy) is 1. The zero-order valence-corrected chi connectivity index (χ0v) is 19.5. The number of aryl methyl sites for hydroxylation is 1. The second kappa shape index (κ2) is 10.7. The van der Waals surface area contributed by atoms with E-state index in [-0.39, 0.29) is 5.91 Å². The quantitative estimate of drug-likeness (QED) is 0.454. The molecule has 1 aromatic heterocycles. The van der Waals surface area contributed by atoms with Gasteiger partial charge in [0.15, 0.2) is 0 Å². The van der Waals surface area contributed by atoms with Crippen molar-refractivity contribution in [2.45, 2.75) is 32.4 Å². The fourth-order valence-electron chi connectivity index (χ4n) is 3.92. The summed E-state index contributed by atoms with van der Waals surface area (Å²) < 4.78 is 5.45. The van der Waals surface area contributed by atoms with E-state index in [4.69, 9.17) is 4.74 Å². The Morgan fingerprint density at radius 1 is 1.09 bits per heavy atom. The molecule has 0 spiro atoms. The third-order valence-corrected chi connectivity index (χ3v) is 6.77. The maximum Gasteiger partial charge on any atom is 0.248 e. The summed E-state index contributed by atoms with van der Waals surface area (Å²) in [4.78, 5) is 15.8. The van der Waals surface area contributed by atoms with E-state index in [0.717, 1.165) is 43.2 Å². The standard InChI is InChI=1S/C27H30N2O2S/c1-20-3-7-22(8-4-20)23-17-26(32-19-23)11-12-27(30)28-24-9-5-21(6-10-24)18-29(2)25-13-15-31-16-14-25/h3-12,17,19,25H,13-16,18H2,1-2H3,(H,28,30)/b12-11+. The molecule has 32 heavy (non-hydrogen) atoms. The highest BCUT2D eigenvalue weighted by Crippen LogP contribution is 2.26. The number of carbonyl (C=O) groups is 1. The second-order valence-corrected chi connectivity index (χ2v) is 9.32. The van der Waals surface area contributed by atoms with Crippen LogP contribution in [0.25, 0.3) is 17.2 Å². The summed E-state index contributed by atoms with van der Waals surface area (Å²) in [6.45, 7) is 4.70. The third kappa shape index (κ3) is 6.16. The summed E-state index contributed by atoms with van der Waals surface area (Å²) in [5.74, 6) is -0.123. The van der Waals surface area contributed by atoms with Crippen molar-refractivity contribution in [1.29, 1.82) is 0 Å². The number of thiophene rings is 1. The molecule has 4 rings (SSSR count). The minimum Gasteiger partial charge on any atom is -0.381 e. The van der Waals surface area contributed by atoms with Crippen LogP contribution < -0.4 is 5.32 Å². The zero-order valence-electron chi connectivity index (χ0n) is 18.7. The predicted molar refractivity (Wildman–Crippen MR) is 134 cm³/mol. The van der Waals surface area contributed by atoms with Gasteiger partial charge in [-0.2, -0.15) is 0 Å². The molecular formula is C27H30N2O2S. The Balaban J connectivity index is 1.29. The number of nitrogens with one attached hydrogen (secondary N) is 1.